The molecule has 1 aromatic heterocycles. The van der Waals surface area contributed by atoms with Crippen molar-refractivity contribution in [1.82, 2.24) is 9.88 Å². The second-order valence-electron chi connectivity index (χ2n) is 4.26. The van der Waals surface area contributed by atoms with E-state index in [2.05, 4.69) is 23.9 Å². The van der Waals surface area contributed by atoms with Crippen LogP contribution in [0.5, 0.6) is 0 Å². The fourth-order valence-electron chi connectivity index (χ4n) is 1.67. The van der Waals surface area contributed by atoms with Gasteiger partial charge < -0.3 is 10.0 Å². The summed E-state index contributed by atoms with van der Waals surface area (Å²) in [5.74, 6) is -0.812. The summed E-state index contributed by atoms with van der Waals surface area (Å²) in [4.78, 5) is 18.3. The highest BCUT2D eigenvalue weighted by Gasteiger charge is 2.13. The molecule has 4 nitrogen and oxygen atoms in total. The Hall–Kier alpha value is -0.940. The molecular weight excluding hydrogens is 236 g/mol. The Balaban J connectivity index is 2.65. The summed E-state index contributed by atoms with van der Waals surface area (Å²) in [5.41, 5.74) is 0.725. The van der Waals surface area contributed by atoms with Gasteiger partial charge in [0.2, 0.25) is 0 Å². The van der Waals surface area contributed by atoms with Crippen LogP contribution in [0.25, 0.3) is 0 Å². The largest absolute Gasteiger partial charge is 0.481 e. The summed E-state index contributed by atoms with van der Waals surface area (Å²) < 4.78 is 0. The standard InChI is InChI=1S/C12H20N2O2S/c1-4-5-6-14(3)8-11-10(7-12(15)16)13-9(2)17-11/h4-8H2,1-3H3,(H,15,16). The lowest BCUT2D eigenvalue weighted by molar-refractivity contribution is -0.136. The summed E-state index contributed by atoms with van der Waals surface area (Å²) in [6.07, 6.45) is 2.37. The molecule has 0 aliphatic heterocycles. The van der Waals surface area contributed by atoms with E-state index in [1.807, 2.05) is 6.92 Å². The molecule has 0 saturated heterocycles. The van der Waals surface area contributed by atoms with Crippen molar-refractivity contribution in [2.75, 3.05) is 13.6 Å². The van der Waals surface area contributed by atoms with Gasteiger partial charge in [-0.15, -0.1) is 11.3 Å². The zero-order valence-corrected chi connectivity index (χ0v) is 11.5. The normalized spacial score (nSPS) is 11.1. The molecule has 1 N–H and O–H groups in total. The average molecular weight is 256 g/mol. The molecule has 96 valence electrons. The van der Waals surface area contributed by atoms with Crippen LogP contribution in [0.2, 0.25) is 0 Å². The van der Waals surface area contributed by atoms with E-state index < -0.39 is 5.97 Å². The predicted molar refractivity (Wildman–Crippen MR) is 69.4 cm³/mol. The number of hydrogen-bond donors (Lipinski definition) is 1. The Morgan fingerprint density at radius 3 is 2.82 bits per heavy atom. The number of thiazole rings is 1. The van der Waals surface area contributed by atoms with Gasteiger partial charge in [-0.3, -0.25) is 4.79 Å². The van der Waals surface area contributed by atoms with Crippen molar-refractivity contribution in [3.8, 4) is 0 Å². The number of carboxylic acids is 1. The molecule has 0 spiro atoms. The highest BCUT2D eigenvalue weighted by molar-refractivity contribution is 7.11. The van der Waals surface area contributed by atoms with Crippen molar-refractivity contribution in [1.29, 1.82) is 0 Å². The Morgan fingerprint density at radius 1 is 1.53 bits per heavy atom. The molecule has 0 bridgehead atoms. The van der Waals surface area contributed by atoms with Gasteiger partial charge in [-0.1, -0.05) is 13.3 Å². The molecular formula is C12H20N2O2S. The van der Waals surface area contributed by atoms with Gasteiger partial charge in [0, 0.05) is 11.4 Å². The number of carbonyl (C=O) groups is 1. The molecule has 1 rings (SSSR count). The van der Waals surface area contributed by atoms with Crippen LogP contribution in [0, 0.1) is 6.92 Å². The molecule has 5 heteroatoms. The van der Waals surface area contributed by atoms with Crippen LogP contribution in [0.1, 0.15) is 35.3 Å². The number of rotatable bonds is 7. The molecule has 0 aromatic carbocycles. The van der Waals surface area contributed by atoms with E-state index in [9.17, 15) is 4.79 Å². The van der Waals surface area contributed by atoms with Gasteiger partial charge in [0.05, 0.1) is 17.1 Å². The Kier molecular flexibility index (Phi) is 5.58. The third-order valence-electron chi connectivity index (χ3n) is 2.51. The summed E-state index contributed by atoms with van der Waals surface area (Å²) in [6, 6.07) is 0. The minimum absolute atomic E-state index is 0.0291. The van der Waals surface area contributed by atoms with Gasteiger partial charge in [0.1, 0.15) is 0 Å². The zero-order valence-electron chi connectivity index (χ0n) is 10.7. The van der Waals surface area contributed by atoms with Gasteiger partial charge in [-0.2, -0.15) is 0 Å². The van der Waals surface area contributed by atoms with Gasteiger partial charge >= 0.3 is 5.97 Å². The first-order chi connectivity index (χ1) is 8.02. The van der Waals surface area contributed by atoms with E-state index in [1.165, 1.54) is 12.8 Å². The fourth-order valence-corrected chi connectivity index (χ4v) is 2.70. The molecule has 0 radical (unpaired) electrons. The predicted octanol–water partition coefficient (Wildman–Crippen LogP) is 2.31. The lowest BCUT2D eigenvalue weighted by Gasteiger charge is -2.15. The quantitative estimate of drug-likeness (QED) is 0.813. The fraction of sp³-hybridized carbons (Fsp3) is 0.667. The number of aromatic nitrogens is 1. The van der Waals surface area contributed by atoms with Gasteiger partial charge in [-0.05, 0) is 26.9 Å². The minimum atomic E-state index is -0.812. The second-order valence-corrected chi connectivity index (χ2v) is 5.55. The summed E-state index contributed by atoms with van der Waals surface area (Å²) in [7, 11) is 2.06. The first-order valence-corrected chi connectivity index (χ1v) is 6.70. The van der Waals surface area contributed by atoms with Crippen molar-refractivity contribution in [2.24, 2.45) is 0 Å². The molecule has 0 unspecified atom stereocenters. The number of aryl methyl sites for hydroxylation is 1. The average Bonchev–Trinajstić information content (AvgIpc) is 2.55. The lowest BCUT2D eigenvalue weighted by atomic mass is 10.2. The van der Waals surface area contributed by atoms with E-state index in [4.69, 9.17) is 5.11 Å². The molecule has 0 amide bonds. The number of unbranched alkanes of at least 4 members (excludes halogenated alkanes) is 1. The summed E-state index contributed by atoms with van der Waals surface area (Å²) in [6.45, 7) is 5.93. The van der Waals surface area contributed by atoms with Crippen molar-refractivity contribution in [3.63, 3.8) is 0 Å². The van der Waals surface area contributed by atoms with E-state index in [1.54, 1.807) is 11.3 Å². The van der Waals surface area contributed by atoms with Gasteiger partial charge in [0.25, 0.3) is 0 Å². The van der Waals surface area contributed by atoms with Crippen LogP contribution in [-0.4, -0.2) is 34.6 Å². The number of carboxylic acid groups (broad SMARTS) is 1. The Morgan fingerprint density at radius 2 is 2.24 bits per heavy atom. The van der Waals surface area contributed by atoms with Crippen molar-refractivity contribution < 1.29 is 9.90 Å². The molecule has 0 fully saturated rings. The maximum atomic E-state index is 10.7. The van der Waals surface area contributed by atoms with E-state index in [-0.39, 0.29) is 6.42 Å². The van der Waals surface area contributed by atoms with Crippen LogP contribution < -0.4 is 0 Å². The Labute approximate surface area is 106 Å². The molecule has 0 saturated carbocycles. The highest BCUT2D eigenvalue weighted by atomic mass is 32.1. The summed E-state index contributed by atoms with van der Waals surface area (Å²) in [5, 5.41) is 9.77. The maximum absolute atomic E-state index is 10.7. The van der Waals surface area contributed by atoms with Crippen molar-refractivity contribution in [3.05, 3.63) is 15.6 Å². The number of aliphatic carboxylic acids is 1. The Bertz CT molecular complexity index is 377. The molecule has 17 heavy (non-hydrogen) atoms. The lowest BCUT2D eigenvalue weighted by Crippen LogP contribution is -2.19. The van der Waals surface area contributed by atoms with E-state index >= 15 is 0 Å². The zero-order chi connectivity index (χ0) is 12.8. The van der Waals surface area contributed by atoms with Gasteiger partial charge in [-0.25, -0.2) is 4.98 Å². The first kappa shape index (κ1) is 14.1. The van der Waals surface area contributed by atoms with Gasteiger partial charge in [0.15, 0.2) is 0 Å². The first-order valence-electron chi connectivity index (χ1n) is 5.88. The number of hydrogen-bond acceptors (Lipinski definition) is 4. The van der Waals surface area contributed by atoms with Crippen LogP contribution in [0.15, 0.2) is 0 Å². The molecule has 0 aliphatic carbocycles. The number of nitrogens with zero attached hydrogens (tertiary/aromatic N) is 2. The summed E-state index contributed by atoms with van der Waals surface area (Å²) >= 11 is 1.60. The SMILES string of the molecule is CCCCN(C)Cc1sc(C)nc1CC(=O)O. The van der Waals surface area contributed by atoms with Crippen LogP contribution in [0.3, 0.4) is 0 Å². The van der Waals surface area contributed by atoms with E-state index in [0.29, 0.717) is 0 Å². The molecule has 0 atom stereocenters. The van der Waals surface area contributed by atoms with Crippen molar-refractivity contribution in [2.45, 2.75) is 39.7 Å². The highest BCUT2D eigenvalue weighted by Crippen LogP contribution is 2.20. The minimum Gasteiger partial charge on any atom is -0.481 e. The maximum Gasteiger partial charge on any atom is 0.309 e. The van der Waals surface area contributed by atoms with E-state index in [0.717, 1.165) is 28.7 Å². The third-order valence-corrected chi connectivity index (χ3v) is 3.51. The van der Waals surface area contributed by atoms with Crippen molar-refractivity contribution >= 4 is 17.3 Å². The molecule has 1 aromatic rings. The topological polar surface area (TPSA) is 53.4 Å². The van der Waals surface area contributed by atoms with Crippen LogP contribution in [-0.2, 0) is 17.8 Å². The van der Waals surface area contributed by atoms with Crippen LogP contribution in [0.4, 0.5) is 0 Å². The smallest absolute Gasteiger partial charge is 0.309 e. The second kappa shape index (κ2) is 6.71. The third kappa shape index (κ3) is 4.83. The van der Waals surface area contributed by atoms with Crippen LogP contribution >= 0.6 is 11.3 Å². The molecule has 1 heterocycles. The monoisotopic (exact) mass is 256 g/mol. The molecule has 0 aliphatic rings.